The van der Waals surface area contributed by atoms with Crippen LogP contribution < -0.4 is 9.57 Å². The second kappa shape index (κ2) is 4.94. The predicted molar refractivity (Wildman–Crippen MR) is 52.2 cm³/mol. The number of aromatic hydroxyl groups is 1. The molecule has 2 N–H and O–H groups in total. The Kier molecular flexibility index (Phi) is 3.86. The molecule has 1 rings (SSSR count). The Labute approximate surface area is 82.4 Å². The summed E-state index contributed by atoms with van der Waals surface area (Å²) in [5.41, 5.74) is 1.07. The fourth-order valence-electron chi connectivity index (χ4n) is 1.07. The molecule has 13 heavy (non-hydrogen) atoms. The largest absolute Gasteiger partial charge is 0.504 e. The van der Waals surface area contributed by atoms with Crippen LogP contribution in [0.4, 0.5) is 0 Å². The fraction of sp³-hybridized carbons (Fsp3) is 0.333. The summed E-state index contributed by atoms with van der Waals surface area (Å²) in [4.78, 5) is 2.54. The van der Waals surface area contributed by atoms with E-state index < -0.39 is 0 Å². The van der Waals surface area contributed by atoms with Gasteiger partial charge in [0.15, 0.2) is 11.5 Å². The molecule has 0 unspecified atom stereocenters. The Morgan fingerprint density at radius 1 is 1.54 bits per heavy atom. The maximum absolute atomic E-state index is 9.29. The molecule has 0 radical (unpaired) electrons. The first kappa shape index (κ1) is 10.2. The van der Waals surface area contributed by atoms with Crippen molar-refractivity contribution in [3.05, 3.63) is 23.8 Å². The van der Waals surface area contributed by atoms with Gasteiger partial charge in [0.25, 0.3) is 0 Å². The minimum atomic E-state index is 0.157. The summed E-state index contributed by atoms with van der Waals surface area (Å²) in [6.45, 7) is 0.690. The topological polar surface area (TPSA) is 41.5 Å². The monoisotopic (exact) mass is 201 g/mol. The molecule has 3 nitrogen and oxygen atoms in total. The van der Waals surface area contributed by atoms with Crippen molar-refractivity contribution in [2.45, 2.75) is 6.42 Å². The van der Waals surface area contributed by atoms with Crippen LogP contribution in [0.5, 0.6) is 11.5 Å². The van der Waals surface area contributed by atoms with Gasteiger partial charge in [-0.3, -0.25) is 0 Å². The van der Waals surface area contributed by atoms with Gasteiger partial charge in [0.1, 0.15) is 0 Å². The van der Waals surface area contributed by atoms with Crippen LogP contribution in [-0.4, -0.2) is 18.8 Å². The highest BCUT2D eigenvalue weighted by Gasteiger charge is 2.01. The maximum atomic E-state index is 9.29. The minimum absolute atomic E-state index is 0.157. The lowest BCUT2D eigenvalue weighted by atomic mass is 10.1. The van der Waals surface area contributed by atoms with Crippen LogP contribution in [0.2, 0.25) is 0 Å². The lowest BCUT2D eigenvalue weighted by molar-refractivity contribution is 0.373. The average Bonchev–Trinajstić information content (AvgIpc) is 2.16. The molecular formula is C9H12ClNO2. The Morgan fingerprint density at radius 3 is 2.92 bits per heavy atom. The molecule has 0 spiro atoms. The van der Waals surface area contributed by atoms with E-state index in [1.54, 1.807) is 12.1 Å². The van der Waals surface area contributed by atoms with Gasteiger partial charge in [-0.1, -0.05) is 6.07 Å². The summed E-state index contributed by atoms with van der Waals surface area (Å²) in [7, 11) is 1.53. The van der Waals surface area contributed by atoms with Crippen LogP contribution in [0.1, 0.15) is 5.56 Å². The fourth-order valence-corrected chi connectivity index (χ4v) is 1.16. The Morgan fingerprint density at radius 2 is 2.31 bits per heavy atom. The molecule has 0 amide bonds. The van der Waals surface area contributed by atoms with Gasteiger partial charge in [0.05, 0.1) is 7.11 Å². The smallest absolute Gasteiger partial charge is 0.160 e. The molecule has 0 saturated heterocycles. The normalized spacial score (nSPS) is 10.0. The second-order valence-electron chi connectivity index (χ2n) is 2.64. The number of phenols is 1. The summed E-state index contributed by atoms with van der Waals surface area (Å²) in [5.74, 6) is 0.650. The summed E-state index contributed by atoms with van der Waals surface area (Å²) < 4.78 is 4.96. The second-order valence-corrected chi connectivity index (χ2v) is 2.91. The third-order valence-electron chi connectivity index (χ3n) is 1.75. The van der Waals surface area contributed by atoms with E-state index in [4.69, 9.17) is 16.5 Å². The minimum Gasteiger partial charge on any atom is -0.504 e. The molecule has 0 aromatic heterocycles. The van der Waals surface area contributed by atoms with E-state index in [1.165, 1.54) is 7.11 Å². The van der Waals surface area contributed by atoms with Crippen LogP contribution in [-0.2, 0) is 6.42 Å². The van der Waals surface area contributed by atoms with E-state index in [2.05, 4.69) is 4.84 Å². The number of hydrogen-bond acceptors (Lipinski definition) is 3. The van der Waals surface area contributed by atoms with Crippen molar-refractivity contribution in [2.24, 2.45) is 0 Å². The predicted octanol–water partition coefficient (Wildman–Crippen LogP) is 1.69. The lowest BCUT2D eigenvalue weighted by Crippen LogP contribution is -2.04. The molecule has 4 heteroatoms. The van der Waals surface area contributed by atoms with Crippen molar-refractivity contribution >= 4 is 11.8 Å². The summed E-state index contributed by atoms with van der Waals surface area (Å²) in [5, 5.41) is 9.29. The number of phenolic OH excluding ortho intramolecular Hbond substituents is 1. The summed E-state index contributed by atoms with van der Waals surface area (Å²) >= 11 is 5.33. The van der Waals surface area contributed by atoms with Gasteiger partial charge in [0, 0.05) is 6.54 Å². The van der Waals surface area contributed by atoms with Crippen LogP contribution in [0.15, 0.2) is 18.2 Å². The molecule has 0 heterocycles. The first-order valence-electron chi connectivity index (χ1n) is 3.97. The van der Waals surface area contributed by atoms with Gasteiger partial charge in [-0.15, -0.1) is 0 Å². The molecule has 0 bridgehead atoms. The molecule has 0 aliphatic carbocycles. The van der Waals surface area contributed by atoms with Gasteiger partial charge in [-0.05, 0) is 35.9 Å². The molecule has 1 aromatic rings. The van der Waals surface area contributed by atoms with Crippen molar-refractivity contribution < 1.29 is 9.84 Å². The third kappa shape index (κ3) is 2.79. The standard InChI is InChI=1S/C9H12ClNO2/c1-13-9-6-7(4-5-11-10)2-3-8(9)12/h2-3,6,11-12H,4-5H2,1H3. The van der Waals surface area contributed by atoms with Crippen molar-refractivity contribution in [1.82, 2.24) is 4.84 Å². The first-order valence-corrected chi connectivity index (χ1v) is 4.35. The van der Waals surface area contributed by atoms with Crippen LogP contribution in [0.3, 0.4) is 0 Å². The van der Waals surface area contributed by atoms with E-state index >= 15 is 0 Å². The van der Waals surface area contributed by atoms with Crippen molar-refractivity contribution in [1.29, 1.82) is 0 Å². The Bertz CT molecular complexity index is 278. The SMILES string of the molecule is COc1cc(CCNCl)ccc1O. The van der Waals surface area contributed by atoms with Crippen molar-refractivity contribution in [3.63, 3.8) is 0 Å². The molecule has 72 valence electrons. The Balaban J connectivity index is 2.74. The molecular weight excluding hydrogens is 190 g/mol. The van der Waals surface area contributed by atoms with Crippen LogP contribution in [0, 0.1) is 0 Å². The molecule has 1 aromatic carbocycles. The van der Waals surface area contributed by atoms with E-state index in [1.807, 2.05) is 6.07 Å². The highest BCUT2D eigenvalue weighted by atomic mass is 35.5. The van der Waals surface area contributed by atoms with Gasteiger partial charge >= 0.3 is 0 Å². The molecule has 0 aliphatic rings. The zero-order chi connectivity index (χ0) is 9.68. The Hall–Kier alpha value is -0.930. The summed E-state index contributed by atoms with van der Waals surface area (Å²) in [6.07, 6.45) is 0.806. The number of halogens is 1. The van der Waals surface area contributed by atoms with E-state index in [-0.39, 0.29) is 5.75 Å². The van der Waals surface area contributed by atoms with Gasteiger partial charge < -0.3 is 9.84 Å². The number of rotatable bonds is 4. The quantitative estimate of drug-likeness (QED) is 0.729. The number of benzene rings is 1. The molecule has 0 fully saturated rings. The van der Waals surface area contributed by atoms with E-state index in [9.17, 15) is 5.11 Å². The highest BCUT2D eigenvalue weighted by Crippen LogP contribution is 2.26. The molecule has 0 aliphatic heterocycles. The van der Waals surface area contributed by atoms with Crippen molar-refractivity contribution in [3.8, 4) is 11.5 Å². The van der Waals surface area contributed by atoms with Gasteiger partial charge in [0.2, 0.25) is 0 Å². The van der Waals surface area contributed by atoms with E-state index in [0.717, 1.165) is 12.0 Å². The summed E-state index contributed by atoms with van der Waals surface area (Å²) in [6, 6.07) is 5.25. The molecule has 0 saturated carbocycles. The highest BCUT2D eigenvalue weighted by molar-refractivity contribution is 6.13. The number of ether oxygens (including phenoxy) is 1. The van der Waals surface area contributed by atoms with Crippen LogP contribution in [0.25, 0.3) is 0 Å². The third-order valence-corrected chi connectivity index (χ3v) is 1.94. The van der Waals surface area contributed by atoms with Gasteiger partial charge in [-0.25, -0.2) is 4.84 Å². The zero-order valence-corrected chi connectivity index (χ0v) is 8.14. The zero-order valence-electron chi connectivity index (χ0n) is 7.38. The number of nitrogens with one attached hydrogen (secondary N) is 1. The number of hydrogen-bond donors (Lipinski definition) is 2. The van der Waals surface area contributed by atoms with E-state index in [0.29, 0.717) is 12.3 Å². The van der Waals surface area contributed by atoms with Crippen LogP contribution >= 0.6 is 11.8 Å². The average molecular weight is 202 g/mol. The molecule has 0 atom stereocenters. The first-order chi connectivity index (χ1) is 6.27. The number of methoxy groups -OCH3 is 1. The van der Waals surface area contributed by atoms with Crippen molar-refractivity contribution in [2.75, 3.05) is 13.7 Å². The lowest BCUT2D eigenvalue weighted by Gasteiger charge is -2.05. The maximum Gasteiger partial charge on any atom is 0.160 e. The van der Waals surface area contributed by atoms with Gasteiger partial charge in [-0.2, -0.15) is 0 Å².